The van der Waals surface area contributed by atoms with Crippen molar-refractivity contribution in [3.05, 3.63) is 54.4 Å². The molecule has 8 heteroatoms. The lowest BCUT2D eigenvalue weighted by Crippen LogP contribution is -2.37. The molecule has 0 spiro atoms. The number of hydrogen-bond donors (Lipinski definition) is 1. The Hall–Kier alpha value is -2.16. The molecule has 1 aromatic heterocycles. The Morgan fingerprint density at radius 2 is 2.04 bits per heavy atom. The summed E-state index contributed by atoms with van der Waals surface area (Å²) in [5.41, 5.74) is 0.570. The number of amides is 1. The first kappa shape index (κ1) is 19.2. The molecule has 0 aliphatic heterocycles. The number of thiophene rings is 1. The van der Waals surface area contributed by atoms with Crippen LogP contribution in [0.15, 0.2) is 58.6 Å². The highest BCUT2D eigenvalue weighted by atomic mass is 32.2. The van der Waals surface area contributed by atoms with Crippen LogP contribution in [0, 0.1) is 0 Å². The minimum Gasteiger partial charge on any atom is -0.494 e. The number of hydrogen-bond acceptors (Lipinski definition) is 5. The number of nitrogens with zero attached hydrogens (tertiary/aromatic N) is 1. The maximum atomic E-state index is 12.6. The summed E-state index contributed by atoms with van der Waals surface area (Å²) < 4.78 is 31.8. The summed E-state index contributed by atoms with van der Waals surface area (Å²) in [7, 11) is -3.72. The van der Waals surface area contributed by atoms with Gasteiger partial charge in [-0.05, 0) is 42.6 Å². The minimum absolute atomic E-state index is 0.0525. The summed E-state index contributed by atoms with van der Waals surface area (Å²) in [5.74, 6) is 0.278. The molecule has 0 saturated carbocycles. The number of nitrogens with one attached hydrogen (secondary N) is 1. The third kappa shape index (κ3) is 5.15. The Morgan fingerprint density at radius 3 is 2.60 bits per heavy atom. The van der Waals surface area contributed by atoms with Gasteiger partial charge in [-0.1, -0.05) is 12.1 Å². The molecule has 134 valence electrons. The third-order valence-electron chi connectivity index (χ3n) is 3.19. The van der Waals surface area contributed by atoms with Crippen molar-refractivity contribution in [3.63, 3.8) is 0 Å². The Bertz CT molecular complexity index is 800. The van der Waals surface area contributed by atoms with E-state index in [0.29, 0.717) is 18.0 Å². The molecular weight excluding hydrogens is 360 g/mol. The molecule has 25 heavy (non-hydrogen) atoms. The van der Waals surface area contributed by atoms with Gasteiger partial charge in [-0.3, -0.25) is 4.79 Å². The molecule has 0 saturated heterocycles. The smallest absolute Gasteiger partial charge is 0.253 e. The Morgan fingerprint density at radius 1 is 1.32 bits per heavy atom. The minimum atomic E-state index is -3.72. The Balaban J connectivity index is 2.06. The fourth-order valence-corrected chi connectivity index (χ4v) is 4.60. The van der Waals surface area contributed by atoms with Gasteiger partial charge >= 0.3 is 0 Å². The van der Waals surface area contributed by atoms with E-state index >= 15 is 0 Å². The zero-order valence-corrected chi connectivity index (χ0v) is 15.5. The largest absolute Gasteiger partial charge is 0.494 e. The second kappa shape index (κ2) is 8.80. The molecule has 2 rings (SSSR count). The van der Waals surface area contributed by atoms with Gasteiger partial charge in [0.2, 0.25) is 5.91 Å². The molecule has 0 unspecified atom stereocenters. The number of carbonyl (C=O) groups excluding carboxylic acids is 1. The van der Waals surface area contributed by atoms with Gasteiger partial charge < -0.3 is 10.1 Å². The van der Waals surface area contributed by atoms with E-state index in [1.54, 1.807) is 35.7 Å². The van der Waals surface area contributed by atoms with Crippen LogP contribution in [0.25, 0.3) is 0 Å². The predicted octanol–water partition coefficient (Wildman–Crippen LogP) is 2.96. The van der Waals surface area contributed by atoms with Crippen molar-refractivity contribution in [3.8, 4) is 5.75 Å². The van der Waals surface area contributed by atoms with Crippen molar-refractivity contribution < 1.29 is 17.9 Å². The average molecular weight is 380 g/mol. The first-order chi connectivity index (χ1) is 12.0. The summed E-state index contributed by atoms with van der Waals surface area (Å²) in [6, 6.07) is 10.1. The number of sulfonamides is 1. The van der Waals surface area contributed by atoms with E-state index in [9.17, 15) is 13.2 Å². The predicted molar refractivity (Wildman–Crippen MR) is 99.5 cm³/mol. The molecule has 0 aliphatic carbocycles. The zero-order chi connectivity index (χ0) is 18.3. The molecule has 0 bridgehead atoms. The lowest BCUT2D eigenvalue weighted by molar-refractivity contribution is -0.116. The first-order valence-corrected chi connectivity index (χ1v) is 9.96. The number of rotatable bonds is 9. The fourth-order valence-electron chi connectivity index (χ4n) is 2.09. The van der Waals surface area contributed by atoms with Crippen LogP contribution >= 0.6 is 11.3 Å². The van der Waals surface area contributed by atoms with Gasteiger partial charge in [0.15, 0.2) is 0 Å². The highest BCUT2D eigenvalue weighted by molar-refractivity contribution is 7.91. The molecule has 0 fully saturated rings. The van der Waals surface area contributed by atoms with Crippen LogP contribution in [-0.4, -0.2) is 38.3 Å². The van der Waals surface area contributed by atoms with E-state index in [1.165, 1.54) is 12.1 Å². The number of anilines is 1. The van der Waals surface area contributed by atoms with Crippen LogP contribution in [0.3, 0.4) is 0 Å². The zero-order valence-electron chi connectivity index (χ0n) is 13.8. The van der Waals surface area contributed by atoms with Gasteiger partial charge in [0.05, 0.1) is 13.2 Å². The Labute approximate surface area is 151 Å². The van der Waals surface area contributed by atoms with Gasteiger partial charge in [-0.15, -0.1) is 17.9 Å². The van der Waals surface area contributed by atoms with Crippen LogP contribution in [-0.2, 0) is 14.8 Å². The van der Waals surface area contributed by atoms with Crippen LogP contribution in [0.4, 0.5) is 5.69 Å². The molecule has 1 aromatic carbocycles. The lowest BCUT2D eigenvalue weighted by atomic mass is 10.3. The molecule has 0 aliphatic rings. The van der Waals surface area contributed by atoms with Crippen molar-refractivity contribution in [2.45, 2.75) is 11.1 Å². The number of carbonyl (C=O) groups is 1. The van der Waals surface area contributed by atoms with E-state index in [2.05, 4.69) is 11.9 Å². The second-order valence-corrected chi connectivity index (χ2v) is 8.14. The maximum absolute atomic E-state index is 12.6. The molecule has 1 N–H and O–H groups in total. The maximum Gasteiger partial charge on any atom is 0.253 e. The van der Waals surface area contributed by atoms with Gasteiger partial charge in [0, 0.05) is 12.2 Å². The average Bonchev–Trinajstić information content (AvgIpc) is 3.12. The monoisotopic (exact) mass is 380 g/mol. The summed E-state index contributed by atoms with van der Waals surface area (Å²) in [5, 5.41) is 4.37. The van der Waals surface area contributed by atoms with Gasteiger partial charge in [-0.25, -0.2) is 8.42 Å². The SMILES string of the molecule is C=CCN(CC(=O)Nc1ccc(OCC)cc1)S(=O)(=O)c1cccs1. The quantitative estimate of drug-likeness (QED) is 0.679. The molecule has 6 nitrogen and oxygen atoms in total. The highest BCUT2D eigenvalue weighted by Gasteiger charge is 2.26. The van der Waals surface area contributed by atoms with Crippen LogP contribution < -0.4 is 10.1 Å². The van der Waals surface area contributed by atoms with Crippen molar-refractivity contribution in [1.82, 2.24) is 4.31 Å². The van der Waals surface area contributed by atoms with Crippen LogP contribution in [0.2, 0.25) is 0 Å². The normalized spacial score (nSPS) is 11.3. The van der Waals surface area contributed by atoms with Crippen LogP contribution in [0.1, 0.15) is 6.92 Å². The summed E-state index contributed by atoms with van der Waals surface area (Å²) in [6.45, 7) is 5.77. The van der Waals surface area contributed by atoms with E-state index in [4.69, 9.17) is 4.74 Å². The molecule has 2 aromatic rings. The summed E-state index contributed by atoms with van der Waals surface area (Å²) >= 11 is 1.11. The molecule has 1 amide bonds. The molecule has 0 radical (unpaired) electrons. The van der Waals surface area contributed by atoms with E-state index in [1.807, 2.05) is 6.92 Å². The topological polar surface area (TPSA) is 75.7 Å². The van der Waals surface area contributed by atoms with Gasteiger partial charge in [0.25, 0.3) is 10.0 Å². The summed E-state index contributed by atoms with van der Waals surface area (Å²) in [4.78, 5) is 12.2. The second-order valence-electron chi connectivity index (χ2n) is 5.02. The van der Waals surface area contributed by atoms with Crippen molar-refractivity contribution in [1.29, 1.82) is 0 Å². The number of benzene rings is 1. The fraction of sp³-hybridized carbons (Fsp3) is 0.235. The van der Waals surface area contributed by atoms with E-state index in [0.717, 1.165) is 15.6 Å². The van der Waals surface area contributed by atoms with Gasteiger partial charge in [0.1, 0.15) is 9.96 Å². The first-order valence-electron chi connectivity index (χ1n) is 7.64. The standard InChI is InChI=1S/C17H20N2O4S2/c1-3-11-19(25(21,22)17-6-5-12-24-17)13-16(20)18-14-7-9-15(10-8-14)23-4-2/h3,5-10,12H,1,4,11,13H2,2H3,(H,18,20). The number of ether oxygens (including phenoxy) is 1. The lowest BCUT2D eigenvalue weighted by Gasteiger charge is -2.19. The van der Waals surface area contributed by atoms with Crippen molar-refractivity contribution >= 4 is 33.0 Å². The third-order valence-corrected chi connectivity index (χ3v) is 6.38. The van der Waals surface area contributed by atoms with Crippen molar-refractivity contribution in [2.24, 2.45) is 0 Å². The van der Waals surface area contributed by atoms with Gasteiger partial charge in [-0.2, -0.15) is 4.31 Å². The Kier molecular flexibility index (Phi) is 6.74. The van der Waals surface area contributed by atoms with Crippen LogP contribution in [0.5, 0.6) is 5.75 Å². The molecule has 0 atom stereocenters. The van der Waals surface area contributed by atoms with Crippen molar-refractivity contribution in [2.75, 3.05) is 25.0 Å². The highest BCUT2D eigenvalue weighted by Crippen LogP contribution is 2.21. The molecular formula is C17H20N2O4S2. The molecule has 1 heterocycles. The summed E-state index contributed by atoms with van der Waals surface area (Å²) in [6.07, 6.45) is 1.45. The van der Waals surface area contributed by atoms with E-state index in [-0.39, 0.29) is 17.3 Å². The van der Waals surface area contributed by atoms with E-state index < -0.39 is 15.9 Å².